The molecule has 0 heterocycles. The van der Waals surface area contributed by atoms with Crippen LogP contribution in [0.2, 0.25) is 10.0 Å². The number of rotatable bonds is 9. The van der Waals surface area contributed by atoms with Crippen molar-refractivity contribution in [2.24, 2.45) is 10.7 Å². The molecule has 2 amide bonds. The minimum Gasteiger partial charge on any atom is -0.393 e. The lowest BCUT2D eigenvalue weighted by Gasteiger charge is -2.12. The summed E-state index contributed by atoms with van der Waals surface area (Å²) in [5, 5.41) is 25.1. The van der Waals surface area contributed by atoms with E-state index in [-0.39, 0.29) is 47.1 Å². The van der Waals surface area contributed by atoms with Crippen LogP contribution in [0.5, 0.6) is 0 Å². The average molecular weight is 806 g/mol. The fourth-order valence-electron chi connectivity index (χ4n) is 4.14. The molecule has 0 saturated heterocycles. The van der Waals surface area contributed by atoms with Gasteiger partial charge in [0.25, 0.3) is 11.4 Å². The second-order valence-electron chi connectivity index (χ2n) is 10.5. The smallest absolute Gasteiger partial charge is 0.393 e. The maximum absolute atomic E-state index is 12.8. The Kier molecular flexibility index (Phi) is 16.2. The van der Waals surface area contributed by atoms with Crippen LogP contribution in [0.1, 0.15) is 22.3 Å². The molecule has 0 aliphatic carbocycles. The fourth-order valence-corrected chi connectivity index (χ4v) is 4.59. The number of halogens is 8. The van der Waals surface area contributed by atoms with Crippen molar-refractivity contribution in [2.45, 2.75) is 25.2 Å². The predicted octanol–water partition coefficient (Wildman–Crippen LogP) is 8.22. The SMILES string of the molecule is NCCc1ccc(N)c([N+](=O)[O-])c1.Nc1ccc(CCNC(=O)Nc2ccc(Cl)c(C(F)(F)F)c2)cc1[N+](=O)[O-].O=C=Nc1ccc(Cl)c(C(F)(F)F)c1. The number of nitro groups is 2. The van der Waals surface area contributed by atoms with Gasteiger partial charge < -0.3 is 27.8 Å². The summed E-state index contributed by atoms with van der Waals surface area (Å²) in [6, 6.07) is 14.2. The van der Waals surface area contributed by atoms with Gasteiger partial charge in [0.05, 0.1) is 36.7 Å². The molecule has 0 aromatic heterocycles. The molecule has 0 aliphatic rings. The molecule has 14 nitrogen and oxygen atoms in total. The largest absolute Gasteiger partial charge is 0.417 e. The predicted molar refractivity (Wildman–Crippen MR) is 189 cm³/mol. The Labute approximate surface area is 311 Å². The molecular formula is C32H28Cl2F6N8O6. The van der Waals surface area contributed by atoms with Crippen LogP contribution in [0.15, 0.2) is 77.8 Å². The monoisotopic (exact) mass is 804 g/mol. The number of isocyanates is 1. The summed E-state index contributed by atoms with van der Waals surface area (Å²) in [5.74, 6) is 0. The van der Waals surface area contributed by atoms with E-state index in [1.165, 1.54) is 36.4 Å². The molecule has 4 aromatic carbocycles. The van der Waals surface area contributed by atoms with Crippen LogP contribution in [0.3, 0.4) is 0 Å². The van der Waals surface area contributed by atoms with Crippen LogP contribution >= 0.6 is 23.2 Å². The Morgan fingerprint density at radius 1 is 0.759 bits per heavy atom. The molecule has 4 rings (SSSR count). The van der Waals surface area contributed by atoms with Crippen LogP contribution in [0.4, 0.5) is 65.3 Å². The normalized spacial score (nSPS) is 10.8. The summed E-state index contributed by atoms with van der Waals surface area (Å²) >= 11 is 10.8. The molecule has 22 heteroatoms. The number of aliphatic imine (C=N–C) groups is 1. The third kappa shape index (κ3) is 13.9. The minimum atomic E-state index is -4.64. The number of nitro benzene ring substituents is 2. The standard InChI is InChI=1S/C16H14ClF3N4O3.C8H3ClF3NO.C8H11N3O2/c17-12-3-2-10(8-11(12)16(18,19)20)23-15(25)22-6-5-9-1-4-13(21)14(7-9)24(26)27;9-7-2-1-5(13-4-14)3-6(7)8(10,11)12;9-4-3-6-1-2-7(10)8(5-6)11(12)13/h1-4,7-8H,5-6,21H2,(H2,22,23,25);1-3H;1-2,5H,3-4,9-10H2. The minimum absolute atomic E-state index is 0.0256. The van der Waals surface area contributed by atoms with Crippen molar-refractivity contribution < 1.29 is 45.8 Å². The molecule has 0 saturated carbocycles. The first kappa shape index (κ1) is 44.2. The molecule has 0 bridgehead atoms. The zero-order chi connectivity index (χ0) is 40.8. The number of nitrogen functional groups attached to an aromatic ring is 2. The number of urea groups is 1. The van der Waals surface area contributed by atoms with Gasteiger partial charge in [0.2, 0.25) is 6.08 Å². The highest BCUT2D eigenvalue weighted by Crippen LogP contribution is 2.37. The Balaban J connectivity index is 0.000000312. The summed E-state index contributed by atoms with van der Waals surface area (Å²) in [6.45, 7) is 0.577. The van der Waals surface area contributed by atoms with Gasteiger partial charge in [-0.1, -0.05) is 35.3 Å². The topological polar surface area (TPSA) is 235 Å². The van der Waals surface area contributed by atoms with E-state index in [1.54, 1.807) is 12.1 Å². The number of benzene rings is 4. The van der Waals surface area contributed by atoms with E-state index in [0.29, 0.717) is 24.6 Å². The van der Waals surface area contributed by atoms with Crippen molar-refractivity contribution in [3.8, 4) is 0 Å². The van der Waals surface area contributed by atoms with E-state index in [2.05, 4.69) is 15.6 Å². The highest BCUT2D eigenvalue weighted by Gasteiger charge is 2.34. The molecule has 4 aromatic rings. The number of hydrogen-bond acceptors (Lipinski definition) is 10. The van der Waals surface area contributed by atoms with Crippen molar-refractivity contribution in [1.29, 1.82) is 0 Å². The van der Waals surface area contributed by atoms with Crippen molar-refractivity contribution >= 4 is 69.4 Å². The molecule has 0 aliphatic heterocycles. The van der Waals surface area contributed by atoms with E-state index < -0.39 is 49.4 Å². The molecule has 288 valence electrons. The highest BCUT2D eigenvalue weighted by molar-refractivity contribution is 6.31. The lowest BCUT2D eigenvalue weighted by Crippen LogP contribution is -2.30. The Morgan fingerprint density at radius 3 is 1.70 bits per heavy atom. The van der Waals surface area contributed by atoms with Crippen molar-refractivity contribution in [3.63, 3.8) is 0 Å². The van der Waals surface area contributed by atoms with Crippen LogP contribution in [-0.4, -0.2) is 35.0 Å². The third-order valence-corrected chi connectivity index (χ3v) is 7.33. The molecule has 0 unspecified atom stereocenters. The summed E-state index contributed by atoms with van der Waals surface area (Å²) in [7, 11) is 0. The number of alkyl halides is 6. The molecule has 0 fully saturated rings. The molecular weight excluding hydrogens is 777 g/mol. The zero-order valence-electron chi connectivity index (χ0n) is 27.3. The highest BCUT2D eigenvalue weighted by atomic mass is 35.5. The van der Waals surface area contributed by atoms with Crippen LogP contribution in [-0.2, 0) is 30.0 Å². The van der Waals surface area contributed by atoms with Gasteiger partial charge in [0.15, 0.2) is 0 Å². The number of amides is 2. The maximum atomic E-state index is 12.8. The number of nitrogens with one attached hydrogen (secondary N) is 2. The van der Waals surface area contributed by atoms with Crippen molar-refractivity contribution in [3.05, 3.63) is 125 Å². The summed E-state index contributed by atoms with van der Waals surface area (Å²) < 4.78 is 75.1. The number of hydrogen-bond donors (Lipinski definition) is 5. The van der Waals surface area contributed by atoms with E-state index >= 15 is 0 Å². The van der Waals surface area contributed by atoms with Crippen molar-refractivity contribution in [1.82, 2.24) is 5.32 Å². The number of carbonyl (C=O) groups excluding carboxylic acids is 2. The Bertz CT molecular complexity index is 2030. The molecule has 54 heavy (non-hydrogen) atoms. The Morgan fingerprint density at radius 2 is 1.24 bits per heavy atom. The first-order chi connectivity index (χ1) is 25.2. The average Bonchev–Trinajstić information content (AvgIpc) is 3.07. The molecule has 0 spiro atoms. The van der Waals surface area contributed by atoms with Crippen LogP contribution < -0.4 is 27.8 Å². The summed E-state index contributed by atoms with van der Waals surface area (Å²) in [6.07, 6.45) is -7.15. The van der Waals surface area contributed by atoms with E-state index in [9.17, 15) is 56.2 Å². The van der Waals surface area contributed by atoms with Crippen molar-refractivity contribution in [2.75, 3.05) is 29.9 Å². The molecule has 0 atom stereocenters. The van der Waals surface area contributed by atoms with Gasteiger partial charge in [-0.25, -0.2) is 9.59 Å². The third-order valence-electron chi connectivity index (χ3n) is 6.68. The van der Waals surface area contributed by atoms with Gasteiger partial charge in [-0.05, 0) is 79.0 Å². The van der Waals surface area contributed by atoms with E-state index in [0.717, 1.165) is 29.8 Å². The van der Waals surface area contributed by atoms with Gasteiger partial charge >= 0.3 is 18.4 Å². The van der Waals surface area contributed by atoms with E-state index in [4.69, 9.17) is 40.4 Å². The zero-order valence-corrected chi connectivity index (χ0v) is 28.8. The number of nitrogens with zero attached hydrogens (tertiary/aromatic N) is 3. The maximum Gasteiger partial charge on any atom is 0.417 e. The van der Waals surface area contributed by atoms with Crippen LogP contribution in [0.25, 0.3) is 0 Å². The first-order valence-electron chi connectivity index (χ1n) is 14.8. The number of anilines is 3. The van der Waals surface area contributed by atoms with E-state index in [1.807, 2.05) is 0 Å². The van der Waals surface area contributed by atoms with Gasteiger partial charge in [-0.3, -0.25) is 20.2 Å². The quantitative estimate of drug-likeness (QED) is 0.0273. The first-order valence-corrected chi connectivity index (χ1v) is 15.5. The van der Waals surface area contributed by atoms with Gasteiger partial charge in [-0.15, -0.1) is 0 Å². The lowest BCUT2D eigenvalue weighted by atomic mass is 10.1. The number of nitrogens with two attached hydrogens (primary N) is 3. The Hall–Kier alpha value is -5.95. The van der Waals surface area contributed by atoms with Gasteiger partial charge in [-0.2, -0.15) is 31.3 Å². The summed E-state index contributed by atoms with van der Waals surface area (Å²) in [5.41, 5.74) is 15.3. The summed E-state index contributed by atoms with van der Waals surface area (Å²) in [4.78, 5) is 44.9. The van der Waals surface area contributed by atoms with Gasteiger partial charge in [0.1, 0.15) is 11.4 Å². The van der Waals surface area contributed by atoms with Crippen LogP contribution in [0, 0.1) is 20.2 Å². The van der Waals surface area contributed by atoms with Gasteiger partial charge in [0, 0.05) is 24.4 Å². The fraction of sp³-hybridized carbons (Fsp3) is 0.188. The second kappa shape index (κ2) is 19.8. The molecule has 0 radical (unpaired) electrons. The molecule has 8 N–H and O–H groups in total. The number of carbonyl (C=O) groups is 1. The lowest BCUT2D eigenvalue weighted by molar-refractivity contribution is -0.384. The second-order valence-corrected chi connectivity index (χ2v) is 11.3.